The van der Waals surface area contributed by atoms with Gasteiger partial charge in [0.1, 0.15) is 5.69 Å². The molecule has 1 amide bonds. The summed E-state index contributed by atoms with van der Waals surface area (Å²) in [4.78, 5) is 25.6. The predicted octanol–water partition coefficient (Wildman–Crippen LogP) is 3.07. The molecule has 1 unspecified atom stereocenters. The van der Waals surface area contributed by atoms with Gasteiger partial charge in [-0.1, -0.05) is 6.92 Å². The van der Waals surface area contributed by atoms with Gasteiger partial charge in [-0.25, -0.2) is 4.98 Å². The molecule has 3 aliphatic rings. The molecular weight excluding hydrogens is 416 g/mol. The van der Waals surface area contributed by atoms with Crippen LogP contribution in [0, 0.1) is 18.3 Å². The number of morpholine rings is 1. The molecule has 2 fully saturated rings. The second-order valence-electron chi connectivity index (χ2n) is 10.4. The molecule has 2 aromatic heterocycles. The molecular formula is C25H32N6O2. The van der Waals surface area contributed by atoms with Crippen LogP contribution in [-0.2, 0) is 22.4 Å². The summed E-state index contributed by atoms with van der Waals surface area (Å²) in [5.74, 6) is 1.66. The molecule has 2 N–H and O–H groups in total. The van der Waals surface area contributed by atoms with Crippen molar-refractivity contribution in [2.45, 2.75) is 46.1 Å². The highest BCUT2D eigenvalue weighted by Crippen LogP contribution is 2.59. The second-order valence-corrected chi connectivity index (χ2v) is 10.4. The lowest BCUT2D eigenvalue weighted by atomic mass is 9.88. The zero-order chi connectivity index (χ0) is 22.9. The molecule has 3 atom stereocenters. The largest absolute Gasteiger partial charge is 0.379 e. The highest BCUT2D eigenvalue weighted by atomic mass is 16.5. The molecule has 8 heteroatoms. The fourth-order valence-electron chi connectivity index (χ4n) is 5.75. The lowest BCUT2D eigenvalue weighted by Gasteiger charge is -2.33. The Kier molecular flexibility index (Phi) is 4.68. The first-order valence-electron chi connectivity index (χ1n) is 12.0. The van der Waals surface area contributed by atoms with Crippen molar-refractivity contribution in [2.24, 2.45) is 11.3 Å². The minimum absolute atomic E-state index is 0.0836. The Morgan fingerprint density at radius 2 is 2.12 bits per heavy atom. The molecule has 3 heterocycles. The van der Waals surface area contributed by atoms with E-state index in [0.717, 1.165) is 65.7 Å². The maximum absolute atomic E-state index is 13.2. The van der Waals surface area contributed by atoms with Crippen molar-refractivity contribution in [2.75, 3.05) is 38.3 Å². The van der Waals surface area contributed by atoms with Crippen LogP contribution in [0.1, 0.15) is 37.1 Å². The number of hydrogen-bond acceptors (Lipinski definition) is 5. The van der Waals surface area contributed by atoms with Crippen LogP contribution >= 0.6 is 0 Å². The number of anilines is 1. The van der Waals surface area contributed by atoms with Crippen LogP contribution in [0.2, 0.25) is 0 Å². The SMILES string of the molecule is Cc1cc(N(C)C(=O)C(C)N2CCOCC2)cc2nc(-c3n[nH]c4c3C[C@@H]3C[C@]3(C)C4)[nH]c12. The number of fused-ring (bicyclic) bond motifs is 3. The third-order valence-corrected chi connectivity index (χ3v) is 8.19. The van der Waals surface area contributed by atoms with E-state index in [0.29, 0.717) is 18.6 Å². The summed E-state index contributed by atoms with van der Waals surface area (Å²) < 4.78 is 5.43. The summed E-state index contributed by atoms with van der Waals surface area (Å²) in [6.45, 7) is 9.36. The Bertz CT molecular complexity index is 1240. The van der Waals surface area contributed by atoms with Crippen molar-refractivity contribution >= 4 is 22.6 Å². The number of benzene rings is 1. The van der Waals surface area contributed by atoms with Crippen LogP contribution in [0.3, 0.4) is 0 Å². The van der Waals surface area contributed by atoms with E-state index in [1.54, 1.807) is 4.90 Å². The maximum atomic E-state index is 13.2. The van der Waals surface area contributed by atoms with Crippen LogP contribution in [0.25, 0.3) is 22.6 Å². The standard InChI is InChI=1S/C25H32N6O2/c1-14-9-17(30(4)24(32)15(2)31-5-7-33-8-6-31)11-19-21(14)27-23(26-19)22-18-10-16-12-25(16,3)13-20(18)28-29-22/h9,11,15-16H,5-8,10,12-13H2,1-4H3,(H,26,27)(H,28,29)/t15?,16-,25-/m1/s1. The first kappa shape index (κ1) is 20.9. The number of carbonyl (C=O) groups excluding carboxylic acids is 1. The van der Waals surface area contributed by atoms with Crippen LogP contribution in [0.5, 0.6) is 0 Å². The quantitative estimate of drug-likeness (QED) is 0.640. The third kappa shape index (κ3) is 3.38. The Labute approximate surface area is 193 Å². The number of carbonyl (C=O) groups is 1. The van der Waals surface area contributed by atoms with Crippen LogP contribution < -0.4 is 4.90 Å². The van der Waals surface area contributed by atoms with Gasteiger partial charge in [0.25, 0.3) is 0 Å². The molecule has 1 saturated heterocycles. The summed E-state index contributed by atoms with van der Waals surface area (Å²) in [7, 11) is 1.85. The third-order valence-electron chi connectivity index (χ3n) is 8.19. The number of rotatable bonds is 4. The van der Waals surface area contributed by atoms with E-state index in [-0.39, 0.29) is 11.9 Å². The molecule has 3 aromatic rings. The smallest absolute Gasteiger partial charge is 0.243 e. The van der Waals surface area contributed by atoms with Gasteiger partial charge in [0, 0.05) is 37.1 Å². The van der Waals surface area contributed by atoms with Gasteiger partial charge < -0.3 is 14.6 Å². The molecule has 1 aliphatic heterocycles. The summed E-state index contributed by atoms with van der Waals surface area (Å²) in [5, 5.41) is 7.92. The molecule has 1 saturated carbocycles. The first-order chi connectivity index (χ1) is 15.8. The van der Waals surface area contributed by atoms with E-state index >= 15 is 0 Å². The number of ether oxygens (including phenoxy) is 1. The minimum Gasteiger partial charge on any atom is -0.379 e. The Morgan fingerprint density at radius 1 is 1.33 bits per heavy atom. The van der Waals surface area contributed by atoms with Crippen molar-refractivity contribution in [3.05, 3.63) is 29.0 Å². The zero-order valence-corrected chi connectivity index (χ0v) is 19.9. The maximum Gasteiger partial charge on any atom is 0.243 e. The molecule has 8 nitrogen and oxygen atoms in total. The molecule has 1 aromatic carbocycles. The fourth-order valence-corrected chi connectivity index (χ4v) is 5.75. The van der Waals surface area contributed by atoms with E-state index in [9.17, 15) is 4.79 Å². The lowest BCUT2D eigenvalue weighted by molar-refractivity contribution is -0.124. The molecule has 174 valence electrons. The van der Waals surface area contributed by atoms with Gasteiger partial charge in [0.15, 0.2) is 5.82 Å². The van der Waals surface area contributed by atoms with E-state index in [1.807, 2.05) is 20.0 Å². The number of likely N-dealkylation sites (N-methyl/N-ethyl adjacent to an activating group) is 1. The van der Waals surface area contributed by atoms with Gasteiger partial charge >= 0.3 is 0 Å². The summed E-state index contributed by atoms with van der Waals surface area (Å²) in [6.07, 6.45) is 3.47. The Hall–Kier alpha value is -2.71. The molecule has 33 heavy (non-hydrogen) atoms. The zero-order valence-electron chi connectivity index (χ0n) is 19.9. The van der Waals surface area contributed by atoms with Crippen LogP contribution in [-0.4, -0.2) is 70.4 Å². The number of nitrogens with one attached hydrogen (secondary N) is 2. The van der Waals surface area contributed by atoms with Crippen molar-refractivity contribution in [1.82, 2.24) is 25.1 Å². The topological polar surface area (TPSA) is 90.1 Å². The van der Waals surface area contributed by atoms with Gasteiger partial charge in [-0.15, -0.1) is 0 Å². The van der Waals surface area contributed by atoms with E-state index < -0.39 is 0 Å². The number of hydrogen-bond donors (Lipinski definition) is 2. The minimum atomic E-state index is -0.187. The average molecular weight is 449 g/mol. The second kappa shape index (κ2) is 7.40. The highest BCUT2D eigenvalue weighted by molar-refractivity contribution is 5.98. The average Bonchev–Trinajstić information content (AvgIpc) is 3.11. The number of aromatic nitrogens is 4. The van der Waals surface area contributed by atoms with Crippen molar-refractivity contribution in [3.63, 3.8) is 0 Å². The summed E-state index contributed by atoms with van der Waals surface area (Å²) in [5.41, 5.74) is 7.79. The van der Waals surface area contributed by atoms with E-state index in [2.05, 4.69) is 40.0 Å². The monoisotopic (exact) mass is 448 g/mol. The van der Waals surface area contributed by atoms with E-state index in [4.69, 9.17) is 9.72 Å². The van der Waals surface area contributed by atoms with Gasteiger partial charge in [-0.05, 0) is 62.1 Å². The molecule has 0 spiro atoms. The number of aromatic amines is 2. The number of H-pyrrole nitrogens is 2. The normalized spacial score (nSPS) is 25.5. The fraction of sp³-hybridized carbons (Fsp3) is 0.560. The van der Waals surface area contributed by atoms with Crippen molar-refractivity contribution in [1.29, 1.82) is 0 Å². The molecule has 6 rings (SSSR count). The van der Waals surface area contributed by atoms with Crippen LogP contribution in [0.15, 0.2) is 12.1 Å². The van der Waals surface area contributed by atoms with Gasteiger partial charge in [0.05, 0.1) is 30.3 Å². The summed E-state index contributed by atoms with van der Waals surface area (Å²) in [6, 6.07) is 3.88. The number of nitrogens with zero attached hydrogens (tertiary/aromatic N) is 4. The molecule has 2 aliphatic carbocycles. The van der Waals surface area contributed by atoms with Gasteiger partial charge in [-0.3, -0.25) is 14.8 Å². The Morgan fingerprint density at radius 3 is 2.91 bits per heavy atom. The predicted molar refractivity (Wildman–Crippen MR) is 127 cm³/mol. The van der Waals surface area contributed by atoms with E-state index in [1.165, 1.54) is 17.7 Å². The first-order valence-corrected chi connectivity index (χ1v) is 12.0. The Balaban J connectivity index is 1.29. The molecule has 0 bridgehead atoms. The van der Waals surface area contributed by atoms with Crippen molar-refractivity contribution in [3.8, 4) is 11.5 Å². The number of aryl methyl sites for hydroxylation is 1. The lowest BCUT2D eigenvalue weighted by Crippen LogP contribution is -2.50. The summed E-state index contributed by atoms with van der Waals surface area (Å²) >= 11 is 0. The van der Waals surface area contributed by atoms with Gasteiger partial charge in [0.2, 0.25) is 5.91 Å². The highest BCUT2D eigenvalue weighted by Gasteiger charge is 2.53. The number of amides is 1. The van der Waals surface area contributed by atoms with Crippen molar-refractivity contribution < 1.29 is 9.53 Å². The molecule has 0 radical (unpaired) electrons. The van der Waals surface area contributed by atoms with Gasteiger partial charge in [-0.2, -0.15) is 5.10 Å². The van der Waals surface area contributed by atoms with Crippen LogP contribution in [0.4, 0.5) is 5.69 Å². The number of imidazole rings is 1.